The van der Waals surface area contributed by atoms with Gasteiger partial charge in [-0.05, 0) is 40.2 Å². The lowest BCUT2D eigenvalue weighted by Crippen LogP contribution is -2.32. The first-order valence-corrected chi connectivity index (χ1v) is 11.2. The van der Waals surface area contributed by atoms with Crippen LogP contribution in [0.15, 0.2) is 32.9 Å². The Morgan fingerprint density at radius 2 is 1.65 bits per heavy atom. The Hall–Kier alpha value is -1.74. The maximum atomic E-state index is 13.5. The summed E-state index contributed by atoms with van der Waals surface area (Å²) in [6.45, 7) is 1.12. The van der Waals surface area contributed by atoms with Gasteiger partial charge < -0.3 is 5.32 Å². The molecule has 0 fully saturated rings. The van der Waals surface area contributed by atoms with Gasteiger partial charge in [0.05, 0.1) is 36.1 Å². The number of alkyl halides is 8. The fraction of sp³-hybridized carbons (Fsp3) is 0.312. The number of hydrogen-bond donors (Lipinski definition) is 1. The zero-order valence-corrected chi connectivity index (χ0v) is 18.2. The van der Waals surface area contributed by atoms with Crippen LogP contribution in [-0.2, 0) is 21.9 Å². The molecule has 0 aliphatic carbocycles. The fourth-order valence-electron chi connectivity index (χ4n) is 2.24. The molecule has 2 rings (SSSR count). The van der Waals surface area contributed by atoms with Crippen molar-refractivity contribution in [3.63, 3.8) is 0 Å². The van der Waals surface area contributed by atoms with Gasteiger partial charge in [-0.2, -0.15) is 35.1 Å². The molecule has 0 saturated heterocycles. The number of hydrogen-bond acceptors (Lipinski definition) is 4. The van der Waals surface area contributed by atoms with Crippen molar-refractivity contribution in [1.29, 1.82) is 0 Å². The first-order chi connectivity index (χ1) is 13.9. The van der Waals surface area contributed by atoms with Crippen molar-refractivity contribution < 1.29 is 48.3 Å². The molecular formula is C16H10BrF8NO3S2. The molecule has 0 radical (unpaired) electrons. The molecule has 1 aromatic carbocycles. The normalized spacial score (nSPS) is 13.4. The summed E-state index contributed by atoms with van der Waals surface area (Å²) in [6, 6.07) is 1.60. The number of amides is 1. The number of carbonyl (C=O) groups is 1. The van der Waals surface area contributed by atoms with E-state index in [0.717, 1.165) is 6.92 Å². The van der Waals surface area contributed by atoms with E-state index >= 15 is 0 Å². The third kappa shape index (κ3) is 5.19. The van der Waals surface area contributed by atoms with Gasteiger partial charge in [-0.1, -0.05) is 6.92 Å². The summed E-state index contributed by atoms with van der Waals surface area (Å²) >= 11 is 2.69. The quantitative estimate of drug-likeness (QED) is 0.442. The molecule has 0 aliphatic rings. The van der Waals surface area contributed by atoms with Crippen molar-refractivity contribution in [3.05, 3.63) is 44.1 Å². The van der Waals surface area contributed by atoms with Gasteiger partial charge in [0.2, 0.25) is 0 Å². The molecule has 4 nitrogen and oxygen atoms in total. The number of carbonyl (C=O) groups excluding carboxylic acids is 1. The number of halogens is 9. The molecule has 1 amide bonds. The van der Waals surface area contributed by atoms with E-state index in [1.165, 1.54) is 0 Å². The van der Waals surface area contributed by atoms with Gasteiger partial charge in [0.25, 0.3) is 5.91 Å². The highest BCUT2D eigenvalue weighted by atomic mass is 79.9. The highest BCUT2D eigenvalue weighted by molar-refractivity contribution is 9.11. The highest BCUT2D eigenvalue weighted by Crippen LogP contribution is 2.49. The monoisotopic (exact) mass is 559 g/mol. The summed E-state index contributed by atoms with van der Waals surface area (Å²) in [5.74, 6) is -7.20. The first-order valence-electron chi connectivity index (χ1n) is 7.91. The average molecular weight is 560 g/mol. The molecule has 31 heavy (non-hydrogen) atoms. The Labute approximate surface area is 182 Å². The third-order valence-electron chi connectivity index (χ3n) is 3.87. The summed E-state index contributed by atoms with van der Waals surface area (Å²) < 4.78 is 127. The summed E-state index contributed by atoms with van der Waals surface area (Å²) in [7, 11) is -4.34. The standard InChI is InChI=1S/C16H10BrF8NO3S2/c1-2-31(28,29)10-5-7(15(20,21)22)3-4-8(10)13(27)26-9-6-11(30-12(9)17)14(18,19)16(23,24)25/h3-6H,2H2,1H3,(H,26,27). The third-order valence-corrected chi connectivity index (χ3v) is 7.54. The van der Waals surface area contributed by atoms with Gasteiger partial charge in [-0.3, -0.25) is 4.79 Å². The molecule has 0 saturated carbocycles. The van der Waals surface area contributed by atoms with Crippen molar-refractivity contribution in [2.24, 2.45) is 0 Å². The Morgan fingerprint density at radius 3 is 2.13 bits per heavy atom. The average Bonchev–Trinajstić information content (AvgIpc) is 3.00. The topological polar surface area (TPSA) is 63.2 Å². The van der Waals surface area contributed by atoms with E-state index in [9.17, 15) is 48.3 Å². The van der Waals surface area contributed by atoms with Gasteiger partial charge in [0.1, 0.15) is 0 Å². The molecular weight excluding hydrogens is 550 g/mol. The molecule has 1 N–H and O–H groups in total. The first kappa shape index (κ1) is 25.5. The van der Waals surface area contributed by atoms with Crippen LogP contribution in [0.25, 0.3) is 0 Å². The van der Waals surface area contributed by atoms with E-state index in [1.54, 1.807) is 0 Å². The Kier molecular flexibility index (Phi) is 6.84. The molecule has 0 spiro atoms. The Balaban J connectivity index is 2.50. The number of nitrogens with one attached hydrogen (secondary N) is 1. The molecule has 0 atom stereocenters. The van der Waals surface area contributed by atoms with Gasteiger partial charge in [0.15, 0.2) is 9.84 Å². The van der Waals surface area contributed by atoms with Crippen LogP contribution in [0.5, 0.6) is 0 Å². The van der Waals surface area contributed by atoms with Crippen molar-refractivity contribution in [2.75, 3.05) is 11.1 Å². The minimum absolute atomic E-state index is 0.0296. The van der Waals surface area contributed by atoms with Crippen LogP contribution < -0.4 is 5.32 Å². The second-order valence-electron chi connectivity index (χ2n) is 5.94. The summed E-state index contributed by atoms with van der Waals surface area (Å²) in [5, 5.41) is 1.94. The van der Waals surface area contributed by atoms with Crippen LogP contribution in [0.1, 0.15) is 27.7 Å². The number of benzene rings is 1. The Bertz CT molecular complexity index is 1110. The maximum Gasteiger partial charge on any atom is 0.458 e. The fourth-order valence-corrected chi connectivity index (χ4v) is 4.92. The van der Waals surface area contributed by atoms with E-state index in [1.807, 2.05) is 5.32 Å². The minimum Gasteiger partial charge on any atom is -0.320 e. The SMILES string of the molecule is CCS(=O)(=O)c1cc(C(F)(F)F)ccc1C(=O)Nc1cc(C(F)(F)C(F)(F)F)sc1Br. The molecule has 0 aliphatic heterocycles. The summed E-state index contributed by atoms with van der Waals surface area (Å²) in [5.41, 5.74) is -2.63. The number of anilines is 1. The second kappa shape index (κ2) is 8.31. The molecule has 0 bridgehead atoms. The maximum absolute atomic E-state index is 13.5. The Morgan fingerprint density at radius 1 is 1.06 bits per heavy atom. The zero-order chi connectivity index (χ0) is 24.0. The molecule has 15 heteroatoms. The summed E-state index contributed by atoms with van der Waals surface area (Å²) in [6.07, 6.45) is -10.8. The molecule has 172 valence electrons. The molecule has 0 unspecified atom stereocenters. The van der Waals surface area contributed by atoms with Gasteiger partial charge in [-0.15, -0.1) is 11.3 Å². The van der Waals surface area contributed by atoms with Crippen LogP contribution in [0.3, 0.4) is 0 Å². The lowest BCUT2D eigenvalue weighted by molar-refractivity contribution is -0.287. The number of rotatable bonds is 5. The van der Waals surface area contributed by atoms with E-state index < -0.39 is 66.4 Å². The van der Waals surface area contributed by atoms with Gasteiger partial charge in [-0.25, -0.2) is 8.42 Å². The highest BCUT2D eigenvalue weighted by Gasteiger charge is 2.59. The van der Waals surface area contributed by atoms with Crippen LogP contribution in [0.2, 0.25) is 0 Å². The van der Waals surface area contributed by atoms with Crippen molar-refractivity contribution >= 4 is 48.7 Å². The van der Waals surface area contributed by atoms with Crippen molar-refractivity contribution in [1.82, 2.24) is 0 Å². The van der Waals surface area contributed by atoms with Gasteiger partial charge in [0, 0.05) is 0 Å². The number of thiophene rings is 1. The van der Waals surface area contributed by atoms with E-state index in [2.05, 4.69) is 15.9 Å². The predicted molar refractivity (Wildman–Crippen MR) is 99.1 cm³/mol. The van der Waals surface area contributed by atoms with Gasteiger partial charge >= 0.3 is 18.3 Å². The van der Waals surface area contributed by atoms with E-state index in [-0.39, 0.29) is 21.2 Å². The zero-order valence-electron chi connectivity index (χ0n) is 15.0. The largest absolute Gasteiger partial charge is 0.458 e. The van der Waals surface area contributed by atoms with E-state index in [0.29, 0.717) is 18.2 Å². The minimum atomic E-state index is -5.91. The van der Waals surface area contributed by atoms with Crippen LogP contribution in [-0.4, -0.2) is 26.3 Å². The molecule has 1 heterocycles. The van der Waals surface area contributed by atoms with Crippen molar-refractivity contribution in [3.8, 4) is 0 Å². The van der Waals surface area contributed by atoms with E-state index in [4.69, 9.17) is 0 Å². The molecule has 1 aromatic heterocycles. The van der Waals surface area contributed by atoms with Crippen LogP contribution >= 0.6 is 27.3 Å². The van der Waals surface area contributed by atoms with Crippen molar-refractivity contribution in [2.45, 2.75) is 30.1 Å². The lowest BCUT2D eigenvalue weighted by Gasteiger charge is -2.17. The van der Waals surface area contributed by atoms with Crippen LogP contribution in [0, 0.1) is 0 Å². The number of sulfone groups is 1. The predicted octanol–water partition coefficient (Wildman–Crippen LogP) is 6.23. The molecule has 2 aromatic rings. The summed E-state index contributed by atoms with van der Waals surface area (Å²) in [4.78, 5) is 10.1. The van der Waals surface area contributed by atoms with Crippen LogP contribution in [0.4, 0.5) is 40.8 Å². The smallest absolute Gasteiger partial charge is 0.320 e. The second-order valence-corrected chi connectivity index (χ2v) is 10.6. The lowest BCUT2D eigenvalue weighted by atomic mass is 10.1.